The molecule has 126 valence electrons. The SMILES string of the molecule is CCCCOP(=O)(OCCCC)[C@@H](O)c1ccc(OC)cc1. The van der Waals surface area contributed by atoms with Gasteiger partial charge in [-0.05, 0) is 30.5 Å². The normalized spacial score (nSPS) is 13.1. The highest BCUT2D eigenvalue weighted by molar-refractivity contribution is 7.54. The van der Waals surface area contributed by atoms with Gasteiger partial charge in [-0.2, -0.15) is 0 Å². The van der Waals surface area contributed by atoms with Gasteiger partial charge in [-0.25, -0.2) is 0 Å². The fourth-order valence-corrected chi connectivity index (χ4v) is 3.47. The van der Waals surface area contributed by atoms with Crippen LogP contribution in [0.4, 0.5) is 0 Å². The van der Waals surface area contributed by atoms with Crippen LogP contribution in [0.1, 0.15) is 50.9 Å². The van der Waals surface area contributed by atoms with Crippen LogP contribution in [0.2, 0.25) is 0 Å². The standard InChI is InChI=1S/C16H27O5P/c1-4-6-12-20-22(18,21-13-7-5-2)16(17)14-8-10-15(19-3)11-9-14/h8-11,16-17H,4-7,12-13H2,1-3H3/t16-/m1/s1. The van der Waals surface area contributed by atoms with Crippen LogP contribution in [0, 0.1) is 0 Å². The third-order valence-corrected chi connectivity index (χ3v) is 5.23. The van der Waals surface area contributed by atoms with Gasteiger partial charge >= 0.3 is 7.60 Å². The lowest BCUT2D eigenvalue weighted by atomic mass is 10.2. The molecule has 0 saturated carbocycles. The number of hydrogen-bond acceptors (Lipinski definition) is 5. The number of unbranched alkanes of at least 4 members (excludes halogenated alkanes) is 2. The second kappa shape index (κ2) is 10.0. The van der Waals surface area contributed by atoms with Gasteiger partial charge in [0.25, 0.3) is 0 Å². The van der Waals surface area contributed by atoms with Gasteiger partial charge < -0.3 is 18.9 Å². The predicted molar refractivity (Wildman–Crippen MR) is 87.3 cm³/mol. The summed E-state index contributed by atoms with van der Waals surface area (Å²) < 4.78 is 28.9. The zero-order chi connectivity index (χ0) is 16.4. The molecule has 1 rings (SSSR count). The van der Waals surface area contributed by atoms with Crippen molar-refractivity contribution in [1.29, 1.82) is 0 Å². The summed E-state index contributed by atoms with van der Waals surface area (Å²) in [6.45, 7) is 4.67. The summed E-state index contributed by atoms with van der Waals surface area (Å²) in [6, 6.07) is 6.76. The van der Waals surface area contributed by atoms with Crippen LogP contribution >= 0.6 is 7.60 Å². The molecule has 0 amide bonds. The van der Waals surface area contributed by atoms with Crippen molar-refractivity contribution in [2.24, 2.45) is 0 Å². The van der Waals surface area contributed by atoms with Crippen molar-refractivity contribution in [2.45, 2.75) is 45.4 Å². The average molecular weight is 330 g/mol. The second-order valence-corrected chi connectivity index (χ2v) is 7.15. The maximum atomic E-state index is 12.9. The molecule has 22 heavy (non-hydrogen) atoms. The largest absolute Gasteiger partial charge is 0.497 e. The summed E-state index contributed by atoms with van der Waals surface area (Å²) in [6.07, 6.45) is 3.40. The molecule has 0 bridgehead atoms. The van der Waals surface area contributed by atoms with E-state index in [-0.39, 0.29) is 0 Å². The Hall–Kier alpha value is -0.870. The van der Waals surface area contributed by atoms with E-state index in [1.54, 1.807) is 31.4 Å². The van der Waals surface area contributed by atoms with Crippen LogP contribution in [0.5, 0.6) is 5.75 Å². The minimum Gasteiger partial charge on any atom is -0.497 e. The van der Waals surface area contributed by atoms with Gasteiger partial charge in [0.1, 0.15) is 5.75 Å². The number of aliphatic hydroxyl groups excluding tert-OH is 1. The van der Waals surface area contributed by atoms with Gasteiger partial charge in [-0.3, -0.25) is 4.57 Å². The zero-order valence-corrected chi connectivity index (χ0v) is 14.6. The molecule has 0 unspecified atom stereocenters. The Morgan fingerprint density at radius 1 is 1.05 bits per heavy atom. The molecule has 1 aromatic carbocycles. The predicted octanol–water partition coefficient (Wildman–Crippen LogP) is 4.51. The number of methoxy groups -OCH3 is 1. The molecule has 1 aromatic rings. The minimum absolute atomic E-state index is 0.313. The number of ether oxygens (including phenoxy) is 1. The van der Waals surface area contributed by atoms with Crippen molar-refractivity contribution >= 4 is 7.60 Å². The van der Waals surface area contributed by atoms with Crippen LogP contribution < -0.4 is 4.74 Å². The molecular formula is C16H27O5P. The summed E-state index contributed by atoms with van der Waals surface area (Å²) in [7, 11) is -2.03. The smallest absolute Gasteiger partial charge is 0.363 e. The van der Waals surface area contributed by atoms with Crippen molar-refractivity contribution in [1.82, 2.24) is 0 Å². The summed E-state index contributed by atoms with van der Waals surface area (Å²) in [5.74, 6) is -0.614. The van der Waals surface area contributed by atoms with Crippen LogP contribution in [0.15, 0.2) is 24.3 Å². The molecule has 0 heterocycles. The number of aliphatic hydroxyl groups is 1. The van der Waals surface area contributed by atoms with E-state index in [4.69, 9.17) is 13.8 Å². The Balaban J connectivity index is 2.83. The fraction of sp³-hybridized carbons (Fsp3) is 0.625. The first-order chi connectivity index (χ1) is 10.6. The molecule has 0 radical (unpaired) electrons. The average Bonchev–Trinajstić information content (AvgIpc) is 2.55. The van der Waals surface area contributed by atoms with E-state index >= 15 is 0 Å². The Morgan fingerprint density at radius 2 is 1.55 bits per heavy atom. The first kappa shape index (κ1) is 19.2. The van der Waals surface area contributed by atoms with Crippen LogP contribution in [0.3, 0.4) is 0 Å². The summed E-state index contributed by atoms with van der Waals surface area (Å²) in [5, 5.41) is 10.4. The molecule has 0 aliphatic heterocycles. The highest BCUT2D eigenvalue weighted by Gasteiger charge is 2.35. The van der Waals surface area contributed by atoms with E-state index in [0.29, 0.717) is 24.5 Å². The lowest BCUT2D eigenvalue weighted by Gasteiger charge is -2.23. The number of hydrogen-bond donors (Lipinski definition) is 1. The Morgan fingerprint density at radius 3 is 1.95 bits per heavy atom. The molecule has 0 spiro atoms. The topological polar surface area (TPSA) is 65.0 Å². The van der Waals surface area contributed by atoms with Gasteiger partial charge in [0.05, 0.1) is 20.3 Å². The first-order valence-electron chi connectivity index (χ1n) is 7.78. The van der Waals surface area contributed by atoms with E-state index in [9.17, 15) is 9.67 Å². The minimum atomic E-state index is -3.60. The molecule has 1 atom stereocenters. The highest BCUT2D eigenvalue weighted by atomic mass is 31.2. The number of benzene rings is 1. The molecular weight excluding hydrogens is 303 g/mol. The first-order valence-corrected chi connectivity index (χ1v) is 9.39. The van der Waals surface area contributed by atoms with E-state index in [2.05, 4.69) is 0 Å². The van der Waals surface area contributed by atoms with Gasteiger partial charge in [-0.15, -0.1) is 0 Å². The van der Waals surface area contributed by atoms with Gasteiger partial charge in [-0.1, -0.05) is 38.8 Å². The lowest BCUT2D eigenvalue weighted by molar-refractivity contribution is 0.139. The van der Waals surface area contributed by atoms with E-state index in [0.717, 1.165) is 25.7 Å². The van der Waals surface area contributed by atoms with Crippen molar-refractivity contribution in [2.75, 3.05) is 20.3 Å². The third kappa shape index (κ3) is 5.73. The number of rotatable bonds is 11. The Kier molecular flexibility index (Phi) is 8.72. The van der Waals surface area contributed by atoms with Crippen molar-refractivity contribution in [3.05, 3.63) is 29.8 Å². The molecule has 0 aliphatic rings. The summed E-state index contributed by atoms with van der Waals surface area (Å²) in [4.78, 5) is 0. The van der Waals surface area contributed by atoms with Crippen LogP contribution in [0.25, 0.3) is 0 Å². The van der Waals surface area contributed by atoms with Crippen LogP contribution in [-0.4, -0.2) is 25.4 Å². The van der Waals surface area contributed by atoms with Crippen LogP contribution in [-0.2, 0) is 13.6 Å². The lowest BCUT2D eigenvalue weighted by Crippen LogP contribution is -2.08. The second-order valence-electron chi connectivity index (χ2n) is 5.06. The molecule has 6 heteroatoms. The molecule has 1 N–H and O–H groups in total. The maximum absolute atomic E-state index is 12.9. The Bertz CT molecular complexity index is 446. The van der Waals surface area contributed by atoms with E-state index in [1.165, 1.54) is 0 Å². The van der Waals surface area contributed by atoms with E-state index < -0.39 is 13.4 Å². The summed E-state index contributed by atoms with van der Waals surface area (Å²) in [5.41, 5.74) is 0.497. The monoisotopic (exact) mass is 330 g/mol. The van der Waals surface area contributed by atoms with Crippen molar-refractivity contribution in [3.8, 4) is 5.75 Å². The molecule has 0 fully saturated rings. The quantitative estimate of drug-likeness (QED) is 0.477. The third-order valence-electron chi connectivity index (χ3n) is 3.25. The summed E-state index contributed by atoms with van der Waals surface area (Å²) >= 11 is 0. The molecule has 0 aliphatic carbocycles. The van der Waals surface area contributed by atoms with Gasteiger partial charge in [0.15, 0.2) is 5.85 Å². The molecule has 0 saturated heterocycles. The van der Waals surface area contributed by atoms with Crippen molar-refractivity contribution in [3.63, 3.8) is 0 Å². The Labute approximate surface area is 133 Å². The van der Waals surface area contributed by atoms with E-state index in [1.807, 2.05) is 13.8 Å². The van der Waals surface area contributed by atoms with Gasteiger partial charge in [0, 0.05) is 0 Å². The van der Waals surface area contributed by atoms with Crippen molar-refractivity contribution < 1.29 is 23.5 Å². The molecule has 5 nitrogen and oxygen atoms in total. The molecule has 0 aromatic heterocycles. The maximum Gasteiger partial charge on any atom is 0.363 e. The fourth-order valence-electron chi connectivity index (χ4n) is 1.81. The van der Waals surface area contributed by atoms with Gasteiger partial charge in [0.2, 0.25) is 0 Å². The highest BCUT2D eigenvalue weighted by Crippen LogP contribution is 2.59. The zero-order valence-electron chi connectivity index (χ0n) is 13.7.